The fourth-order valence-electron chi connectivity index (χ4n) is 10.9. The van der Waals surface area contributed by atoms with Gasteiger partial charge < -0.3 is 40.9 Å². The van der Waals surface area contributed by atoms with Gasteiger partial charge in [0.15, 0.2) is 0 Å². The highest BCUT2D eigenvalue weighted by atomic mass is 32.2. The van der Waals surface area contributed by atoms with Gasteiger partial charge in [-0.15, -0.1) is 0 Å². The van der Waals surface area contributed by atoms with E-state index in [9.17, 15) is 43.5 Å². The van der Waals surface area contributed by atoms with Crippen LogP contribution in [-0.4, -0.2) is 179 Å². The Hall–Kier alpha value is -6.22. The average Bonchev–Trinajstić information content (AvgIpc) is 4.28. The van der Waals surface area contributed by atoms with Gasteiger partial charge >= 0.3 is 11.9 Å². The normalized spacial score (nSPS) is 19.9. The number of hydrogen-bond donors (Lipinski definition) is 5. The number of carbonyl (C=O) groups is 8. The van der Waals surface area contributed by atoms with Crippen LogP contribution in [0.3, 0.4) is 0 Å². The lowest BCUT2D eigenvalue weighted by molar-refractivity contribution is -0.145. The first-order valence-corrected chi connectivity index (χ1v) is 29.5. The quantitative estimate of drug-likeness (QED) is 0.0607. The maximum atomic E-state index is 13.3. The third-order valence-corrected chi connectivity index (χ3v) is 16.1. The molecule has 8 rings (SSSR count). The van der Waals surface area contributed by atoms with Crippen molar-refractivity contribution in [3.8, 4) is 0 Å². The fourth-order valence-corrected chi connectivity index (χ4v) is 11.9. The van der Waals surface area contributed by atoms with E-state index < -0.39 is 36.1 Å². The van der Waals surface area contributed by atoms with Crippen molar-refractivity contribution in [2.75, 3.05) is 70.4 Å². The summed E-state index contributed by atoms with van der Waals surface area (Å²) in [5.41, 5.74) is 2.15. The van der Waals surface area contributed by atoms with Crippen molar-refractivity contribution in [1.29, 1.82) is 0 Å². The van der Waals surface area contributed by atoms with Gasteiger partial charge in [0.1, 0.15) is 24.2 Å². The minimum Gasteiger partial charge on any atom is -0.480 e. The average molecular weight is 1100 g/mol. The van der Waals surface area contributed by atoms with E-state index in [4.69, 9.17) is 4.74 Å². The number of ether oxygens (including phenoxy) is 1. The molecule has 0 bridgehead atoms. The number of methoxy groups -OCH3 is 1. The number of nitrogens with one attached hydrogen (secondary N) is 4. The molecule has 0 aromatic heterocycles. The number of fused-ring (bicyclic) bond motifs is 2. The monoisotopic (exact) mass is 1090 g/mol. The van der Waals surface area contributed by atoms with E-state index in [1.54, 1.807) is 11.8 Å². The van der Waals surface area contributed by atoms with Crippen LogP contribution in [0.15, 0.2) is 84.9 Å². The second-order valence-electron chi connectivity index (χ2n) is 20.3. The molecule has 4 saturated heterocycles. The predicted molar refractivity (Wildman–Crippen MR) is 300 cm³/mol. The van der Waals surface area contributed by atoms with E-state index >= 15 is 0 Å². The Morgan fingerprint density at radius 2 is 1.06 bits per heavy atom. The molecule has 4 heterocycles. The number of esters is 1. The zero-order valence-corrected chi connectivity index (χ0v) is 46.0. The van der Waals surface area contributed by atoms with Gasteiger partial charge in [0, 0.05) is 64.2 Å². The standard InChI is InChI=1S/C29H38N4O5S.C28H36N4O5S/c1-38-29(37)25(14-16-39-2)31-27(35)19-32(17-21-9-5-8-20-7-3-4-11-23(20)21)18-22-10-6-15-33(22)28(36)24-12-13-26(34)30-24;1-38-15-13-24(28(36)37)30-26(34)18-31(16-20-8-4-7-19-6-2-3-10-22(19)20)17-21-9-5-14-32(21)27(35)23-11-12-25(33)29-23/h3-5,7-9,11,22,24-25H,6,10,12-19H2,1-2H3,(H,30,34)(H,31,35);2-4,6-8,10,21,23-24H,5,9,11-18H2,1H3,(H,29,33)(H,30,34)(H,36,37)/t22-,24-,25-;21-,23-,24-/m00/s1. The summed E-state index contributed by atoms with van der Waals surface area (Å²) in [4.78, 5) is 108. The van der Waals surface area contributed by atoms with Crippen molar-refractivity contribution in [2.24, 2.45) is 0 Å². The van der Waals surface area contributed by atoms with Gasteiger partial charge in [-0.2, -0.15) is 23.5 Å². The molecule has 0 aliphatic carbocycles. The maximum absolute atomic E-state index is 13.3. The second kappa shape index (κ2) is 29.0. The molecule has 4 aromatic carbocycles. The number of hydrogen-bond acceptors (Lipinski definition) is 13. The minimum atomic E-state index is -1.04. The van der Waals surface area contributed by atoms with Crippen molar-refractivity contribution < 1.29 is 48.2 Å². The molecule has 4 aromatic rings. The Balaban J connectivity index is 0.000000224. The van der Waals surface area contributed by atoms with Crippen molar-refractivity contribution in [1.82, 2.24) is 40.9 Å². The Morgan fingerprint density at radius 3 is 1.48 bits per heavy atom. The number of thioether (sulfide) groups is 2. The van der Waals surface area contributed by atoms with E-state index in [1.165, 1.54) is 18.9 Å². The third kappa shape index (κ3) is 16.4. The van der Waals surface area contributed by atoms with Crippen LogP contribution >= 0.6 is 23.5 Å². The van der Waals surface area contributed by atoms with Crippen LogP contribution in [0.1, 0.15) is 75.3 Å². The number of aliphatic carboxylic acids is 1. The lowest BCUT2D eigenvalue weighted by Gasteiger charge is -2.32. The summed E-state index contributed by atoms with van der Waals surface area (Å²) in [6.07, 6.45) is 9.85. The lowest BCUT2D eigenvalue weighted by atomic mass is 10.0. The Bertz CT molecular complexity index is 2720. The van der Waals surface area contributed by atoms with Gasteiger partial charge in [0.25, 0.3) is 0 Å². The molecule has 414 valence electrons. The number of likely N-dealkylation sites (tertiary alicyclic amines) is 2. The summed E-state index contributed by atoms with van der Waals surface area (Å²) in [5, 5.41) is 25.1. The van der Waals surface area contributed by atoms with Crippen LogP contribution in [0, 0.1) is 0 Å². The van der Waals surface area contributed by atoms with E-state index in [-0.39, 0.29) is 60.6 Å². The molecule has 4 aliphatic rings. The molecule has 18 nitrogen and oxygen atoms in total. The molecule has 20 heteroatoms. The van der Waals surface area contributed by atoms with E-state index in [1.807, 2.05) is 81.8 Å². The molecule has 0 radical (unpaired) electrons. The first-order chi connectivity index (χ1) is 37.2. The molecular weight excluding hydrogens is 1020 g/mol. The molecule has 4 fully saturated rings. The molecule has 0 unspecified atom stereocenters. The van der Waals surface area contributed by atoms with Gasteiger partial charge in [0.2, 0.25) is 35.4 Å². The molecule has 0 saturated carbocycles. The Labute approximate surface area is 459 Å². The van der Waals surface area contributed by atoms with Crippen LogP contribution in [-0.2, 0) is 56.2 Å². The smallest absolute Gasteiger partial charge is 0.328 e. The number of nitrogens with zero attached hydrogens (tertiary/aromatic N) is 4. The number of carboxylic acids is 1. The van der Waals surface area contributed by atoms with Crippen LogP contribution in [0.2, 0.25) is 0 Å². The first-order valence-electron chi connectivity index (χ1n) is 26.7. The maximum Gasteiger partial charge on any atom is 0.328 e. The predicted octanol–water partition coefficient (Wildman–Crippen LogP) is 4.56. The lowest BCUT2D eigenvalue weighted by Crippen LogP contribution is -2.51. The Kier molecular flexibility index (Phi) is 22.0. The summed E-state index contributed by atoms with van der Waals surface area (Å²) in [5.74, 6) is -1.03. The van der Waals surface area contributed by atoms with Gasteiger partial charge in [0.05, 0.1) is 20.2 Å². The SMILES string of the molecule is COC(=O)[C@H](CCSC)NC(=O)CN(Cc1cccc2ccccc12)C[C@@H]1CCCN1C(=O)[C@@H]1CCC(=O)N1.CSCC[C@H](NC(=O)CN(Cc1cccc2ccccc12)C[C@@H]1CCCN1C(=O)[C@@H]1CCC(=O)N1)C(=O)O. The summed E-state index contributed by atoms with van der Waals surface area (Å²) >= 11 is 3.14. The van der Waals surface area contributed by atoms with Crippen molar-refractivity contribution in [3.63, 3.8) is 0 Å². The minimum absolute atomic E-state index is 0.0188. The molecule has 4 aliphatic heterocycles. The van der Waals surface area contributed by atoms with Crippen molar-refractivity contribution in [3.05, 3.63) is 96.1 Å². The molecular formula is C57H74N8O10S2. The number of rotatable bonds is 24. The van der Waals surface area contributed by atoms with Crippen LogP contribution < -0.4 is 21.3 Å². The second-order valence-corrected chi connectivity index (χ2v) is 22.2. The summed E-state index contributed by atoms with van der Waals surface area (Å²) in [7, 11) is 1.33. The van der Waals surface area contributed by atoms with Crippen LogP contribution in [0.4, 0.5) is 0 Å². The number of carbonyl (C=O) groups excluding carboxylic acids is 7. The molecule has 6 atom stereocenters. The highest BCUT2D eigenvalue weighted by Gasteiger charge is 2.39. The Morgan fingerprint density at radius 1 is 0.636 bits per heavy atom. The number of carboxylic acid groups (broad SMARTS) is 1. The van der Waals surface area contributed by atoms with Gasteiger partial charge in [-0.05, 0) is 108 Å². The molecule has 6 amide bonds. The van der Waals surface area contributed by atoms with Crippen LogP contribution in [0.5, 0.6) is 0 Å². The zero-order chi connectivity index (χ0) is 54.8. The number of benzene rings is 4. The third-order valence-electron chi connectivity index (χ3n) is 14.8. The van der Waals surface area contributed by atoms with Gasteiger partial charge in [-0.25, -0.2) is 9.59 Å². The fraction of sp³-hybridized carbons (Fsp3) is 0.509. The van der Waals surface area contributed by atoms with Gasteiger partial charge in [-0.1, -0.05) is 84.9 Å². The summed E-state index contributed by atoms with van der Waals surface area (Å²) < 4.78 is 4.91. The molecule has 0 spiro atoms. The van der Waals surface area contributed by atoms with E-state index in [2.05, 4.69) is 56.5 Å². The van der Waals surface area contributed by atoms with Gasteiger partial charge in [-0.3, -0.25) is 38.6 Å². The topological polar surface area (TPSA) is 227 Å². The highest BCUT2D eigenvalue weighted by Crippen LogP contribution is 2.27. The number of amides is 6. The highest BCUT2D eigenvalue weighted by molar-refractivity contribution is 7.98. The van der Waals surface area contributed by atoms with E-state index in [0.717, 1.165) is 64.1 Å². The van der Waals surface area contributed by atoms with Crippen molar-refractivity contribution in [2.45, 2.75) is 114 Å². The largest absolute Gasteiger partial charge is 0.480 e. The van der Waals surface area contributed by atoms with Crippen LogP contribution in [0.25, 0.3) is 21.5 Å². The van der Waals surface area contributed by atoms with E-state index in [0.29, 0.717) is 83.5 Å². The first kappa shape index (κ1) is 58.5. The zero-order valence-electron chi connectivity index (χ0n) is 44.4. The summed E-state index contributed by atoms with van der Waals surface area (Å²) in [6.45, 7) is 3.35. The van der Waals surface area contributed by atoms with Crippen molar-refractivity contribution >= 4 is 92.5 Å². The molecule has 77 heavy (non-hydrogen) atoms. The summed E-state index contributed by atoms with van der Waals surface area (Å²) in [6, 6.07) is 25.7. The molecule has 5 N–H and O–H groups in total.